The first kappa shape index (κ1) is 16.1. The number of fused-ring (bicyclic) bond motifs is 5. The summed E-state index contributed by atoms with van der Waals surface area (Å²) in [7, 11) is 0. The zero-order valence-corrected chi connectivity index (χ0v) is 16.2. The number of H-pyrrole nitrogens is 1. The van der Waals surface area contributed by atoms with Crippen LogP contribution in [0.4, 0.5) is 0 Å². The fraction of sp³-hybridized carbons (Fsp3) is 0.316. The Morgan fingerprint density at radius 1 is 1.31 bits per heavy atom. The number of aromatic nitrogens is 4. The van der Waals surface area contributed by atoms with E-state index in [2.05, 4.69) is 24.0 Å². The number of nitrogens with zero attached hydrogens (tertiary/aromatic N) is 3. The van der Waals surface area contributed by atoms with E-state index in [9.17, 15) is 0 Å². The van der Waals surface area contributed by atoms with Crippen molar-refractivity contribution < 1.29 is 4.74 Å². The van der Waals surface area contributed by atoms with Crippen LogP contribution >= 0.6 is 23.6 Å². The first-order valence-electron chi connectivity index (χ1n) is 8.72. The molecular formula is C19H18N4OS2. The number of hydrogen-bond acceptors (Lipinski definition) is 5. The average molecular weight is 383 g/mol. The summed E-state index contributed by atoms with van der Waals surface area (Å²) in [6.07, 6.45) is 1.13. The number of hydrogen-bond donors (Lipinski definition) is 1. The smallest absolute Gasteiger partial charge is 0.201 e. The van der Waals surface area contributed by atoms with Crippen molar-refractivity contribution in [3.63, 3.8) is 0 Å². The van der Waals surface area contributed by atoms with Crippen LogP contribution in [0.1, 0.15) is 24.3 Å². The van der Waals surface area contributed by atoms with E-state index < -0.39 is 0 Å². The van der Waals surface area contributed by atoms with Crippen LogP contribution < -0.4 is 0 Å². The van der Waals surface area contributed by atoms with Crippen LogP contribution in [0.5, 0.6) is 0 Å². The highest BCUT2D eigenvalue weighted by Crippen LogP contribution is 2.39. The lowest BCUT2D eigenvalue weighted by atomic mass is 9.96. The zero-order valence-electron chi connectivity index (χ0n) is 14.5. The maximum Gasteiger partial charge on any atom is 0.201 e. The summed E-state index contributed by atoms with van der Waals surface area (Å²) >= 11 is 7.22. The van der Waals surface area contributed by atoms with Crippen molar-refractivity contribution in [1.29, 1.82) is 0 Å². The van der Waals surface area contributed by atoms with E-state index in [4.69, 9.17) is 21.9 Å². The predicted octanol–water partition coefficient (Wildman–Crippen LogP) is 4.77. The molecule has 1 aromatic carbocycles. The predicted molar refractivity (Wildman–Crippen MR) is 106 cm³/mol. The molecule has 26 heavy (non-hydrogen) atoms. The maximum atomic E-state index is 6.05. The van der Waals surface area contributed by atoms with Crippen LogP contribution in [0.25, 0.3) is 27.3 Å². The molecule has 1 atom stereocenters. The lowest BCUT2D eigenvalue weighted by molar-refractivity contribution is 0.00203. The first-order chi connectivity index (χ1) is 12.6. The highest BCUT2D eigenvalue weighted by atomic mass is 32.1. The Morgan fingerprint density at radius 2 is 2.12 bits per heavy atom. The Kier molecular flexibility index (Phi) is 3.70. The van der Waals surface area contributed by atoms with Crippen molar-refractivity contribution in [1.82, 2.24) is 19.6 Å². The summed E-state index contributed by atoms with van der Waals surface area (Å²) in [5.74, 6) is 1.30. The summed E-state index contributed by atoms with van der Waals surface area (Å²) in [5, 5.41) is 8.63. The van der Waals surface area contributed by atoms with E-state index >= 15 is 0 Å². The Labute approximate surface area is 159 Å². The number of aromatic amines is 1. The van der Waals surface area contributed by atoms with Gasteiger partial charge in [-0.2, -0.15) is 5.10 Å². The lowest BCUT2D eigenvalue weighted by Crippen LogP contribution is -2.26. The highest BCUT2D eigenvalue weighted by Gasteiger charge is 2.28. The van der Waals surface area contributed by atoms with Gasteiger partial charge < -0.3 is 4.74 Å². The number of rotatable bonds is 2. The molecule has 4 heterocycles. The number of benzene rings is 1. The van der Waals surface area contributed by atoms with Crippen LogP contribution in [-0.2, 0) is 17.8 Å². The molecule has 5 nitrogen and oxygen atoms in total. The van der Waals surface area contributed by atoms with Gasteiger partial charge in [-0.3, -0.25) is 9.50 Å². The molecule has 0 amide bonds. The Hall–Kier alpha value is -2.09. The minimum atomic E-state index is 0.232. The van der Waals surface area contributed by atoms with E-state index in [1.807, 2.05) is 34.7 Å². The van der Waals surface area contributed by atoms with Gasteiger partial charge in [0.05, 0.1) is 18.1 Å². The second-order valence-corrected chi connectivity index (χ2v) is 8.44. The summed E-state index contributed by atoms with van der Waals surface area (Å²) in [4.78, 5) is 7.24. The molecule has 1 N–H and O–H groups in total. The van der Waals surface area contributed by atoms with Crippen molar-refractivity contribution in [2.24, 2.45) is 5.92 Å². The van der Waals surface area contributed by atoms with Crippen molar-refractivity contribution in [3.05, 3.63) is 45.5 Å². The van der Waals surface area contributed by atoms with Gasteiger partial charge in [-0.1, -0.05) is 44.2 Å². The van der Waals surface area contributed by atoms with Gasteiger partial charge in [0.15, 0.2) is 5.65 Å². The molecule has 3 aromatic heterocycles. The third-order valence-electron chi connectivity index (χ3n) is 5.00. The minimum absolute atomic E-state index is 0.232. The summed E-state index contributed by atoms with van der Waals surface area (Å²) in [5.41, 5.74) is 3.21. The van der Waals surface area contributed by atoms with Crippen LogP contribution in [0.2, 0.25) is 0 Å². The molecule has 5 rings (SSSR count). The molecule has 0 spiro atoms. The second-order valence-electron chi connectivity index (χ2n) is 6.97. The molecule has 7 heteroatoms. The summed E-state index contributed by atoms with van der Waals surface area (Å²) in [6, 6.07) is 10.1. The van der Waals surface area contributed by atoms with E-state index in [1.54, 1.807) is 11.3 Å². The molecule has 0 saturated heterocycles. The monoisotopic (exact) mass is 382 g/mol. The normalized spacial score (nSPS) is 17.3. The fourth-order valence-electron chi connectivity index (χ4n) is 3.60. The molecule has 0 bridgehead atoms. The van der Waals surface area contributed by atoms with Gasteiger partial charge in [0.2, 0.25) is 4.77 Å². The van der Waals surface area contributed by atoms with E-state index in [0.29, 0.717) is 17.3 Å². The van der Waals surface area contributed by atoms with Gasteiger partial charge in [-0.15, -0.1) is 11.3 Å². The van der Waals surface area contributed by atoms with Gasteiger partial charge in [0.1, 0.15) is 10.7 Å². The summed E-state index contributed by atoms with van der Waals surface area (Å²) < 4.78 is 8.58. The largest absolute Gasteiger partial charge is 0.372 e. The van der Waals surface area contributed by atoms with Gasteiger partial charge in [-0.25, -0.2) is 4.98 Å². The Bertz CT molecular complexity index is 1170. The SMILES string of the molecule is CC(C)[C@@H]1Cc2c(sc3nc(-c4ccccc4)n4c(=S)[nH]nc4c23)CO1. The van der Waals surface area contributed by atoms with Crippen molar-refractivity contribution in [2.75, 3.05) is 0 Å². The minimum Gasteiger partial charge on any atom is -0.372 e. The molecule has 0 saturated carbocycles. The molecule has 1 aliphatic rings. The average Bonchev–Trinajstić information content (AvgIpc) is 3.21. The van der Waals surface area contributed by atoms with Gasteiger partial charge in [-0.05, 0) is 23.7 Å². The van der Waals surface area contributed by atoms with E-state index in [0.717, 1.165) is 33.7 Å². The third-order valence-corrected chi connectivity index (χ3v) is 6.37. The first-order valence-corrected chi connectivity index (χ1v) is 9.94. The zero-order chi connectivity index (χ0) is 17.8. The highest BCUT2D eigenvalue weighted by molar-refractivity contribution is 7.71. The molecule has 0 fully saturated rings. The van der Waals surface area contributed by atoms with Crippen LogP contribution in [-0.4, -0.2) is 25.7 Å². The number of nitrogens with one attached hydrogen (secondary N) is 1. The molecular weight excluding hydrogens is 364 g/mol. The van der Waals surface area contributed by atoms with Crippen LogP contribution in [0, 0.1) is 10.7 Å². The quantitative estimate of drug-likeness (QED) is 0.508. The van der Waals surface area contributed by atoms with E-state index in [1.165, 1.54) is 10.4 Å². The molecule has 132 valence electrons. The van der Waals surface area contributed by atoms with Gasteiger partial charge >= 0.3 is 0 Å². The molecule has 0 radical (unpaired) electrons. The Balaban J connectivity index is 1.83. The maximum absolute atomic E-state index is 6.05. The van der Waals surface area contributed by atoms with Gasteiger partial charge in [0.25, 0.3) is 0 Å². The van der Waals surface area contributed by atoms with Crippen molar-refractivity contribution in [3.8, 4) is 11.4 Å². The Morgan fingerprint density at radius 3 is 2.88 bits per heavy atom. The van der Waals surface area contributed by atoms with Crippen LogP contribution in [0.3, 0.4) is 0 Å². The summed E-state index contributed by atoms with van der Waals surface area (Å²) in [6.45, 7) is 5.06. The topological polar surface area (TPSA) is 55.2 Å². The number of thiophene rings is 1. The van der Waals surface area contributed by atoms with Crippen LogP contribution in [0.15, 0.2) is 30.3 Å². The second kappa shape index (κ2) is 5.97. The van der Waals surface area contributed by atoms with Crippen molar-refractivity contribution in [2.45, 2.75) is 33.0 Å². The molecule has 1 aliphatic heterocycles. The van der Waals surface area contributed by atoms with Crippen molar-refractivity contribution >= 4 is 39.4 Å². The molecule has 0 aliphatic carbocycles. The number of ether oxygens (including phenoxy) is 1. The molecule has 0 unspecified atom stereocenters. The molecule has 4 aromatic rings. The standard InChI is InChI=1S/C19H18N4OS2/c1-10(2)13-8-12-14(9-24-13)26-18-15(12)17-21-22-19(25)23(17)16(20-18)11-6-4-3-5-7-11/h3-7,10,13H,8-9H2,1-2H3,(H,22,25)/t13-/m0/s1. The third kappa shape index (κ3) is 2.35. The fourth-order valence-corrected chi connectivity index (χ4v) is 4.94. The van der Waals surface area contributed by atoms with Gasteiger partial charge in [0, 0.05) is 16.9 Å². The van der Waals surface area contributed by atoms with E-state index in [-0.39, 0.29) is 6.10 Å². The lowest BCUT2D eigenvalue weighted by Gasteiger charge is -2.26.